The van der Waals surface area contributed by atoms with E-state index in [1.165, 1.54) is 0 Å². The molecule has 3 rings (SSSR count). The van der Waals surface area contributed by atoms with Crippen LogP contribution in [0.4, 0.5) is 0 Å². The third-order valence-electron chi connectivity index (χ3n) is 4.34. The smallest absolute Gasteiger partial charge is 0.245 e. The molecule has 6 nitrogen and oxygen atoms in total. The van der Waals surface area contributed by atoms with Gasteiger partial charge in [-0.1, -0.05) is 0 Å². The van der Waals surface area contributed by atoms with Crippen LogP contribution in [-0.2, 0) is 14.3 Å². The molecule has 2 aliphatic heterocycles. The van der Waals surface area contributed by atoms with E-state index in [4.69, 9.17) is 10.5 Å². The molecule has 6 heteroatoms. The van der Waals surface area contributed by atoms with Crippen molar-refractivity contribution in [3.8, 4) is 0 Å². The fourth-order valence-corrected chi connectivity index (χ4v) is 2.90. The molecule has 3 fully saturated rings. The number of likely N-dealkylation sites (tertiary alicyclic amines) is 1. The maximum Gasteiger partial charge on any atom is 0.245 e. The molecule has 0 aromatic heterocycles. The number of nitrogens with two attached hydrogens (primary N) is 1. The Labute approximate surface area is 112 Å². The molecule has 2 saturated heterocycles. The van der Waals surface area contributed by atoms with Crippen molar-refractivity contribution < 1.29 is 14.3 Å². The first kappa shape index (κ1) is 12.9. The monoisotopic (exact) mass is 267 g/mol. The number of hydrogen-bond donors (Lipinski definition) is 1. The van der Waals surface area contributed by atoms with Crippen molar-refractivity contribution in [3.05, 3.63) is 0 Å². The Balaban J connectivity index is 1.68. The number of carbonyl (C=O) groups is 2. The quantitative estimate of drug-likeness (QED) is 0.720. The lowest BCUT2D eigenvalue weighted by Gasteiger charge is -2.33. The summed E-state index contributed by atoms with van der Waals surface area (Å²) in [4.78, 5) is 28.4. The normalized spacial score (nSPS) is 29.4. The van der Waals surface area contributed by atoms with Crippen LogP contribution in [-0.4, -0.2) is 66.0 Å². The van der Waals surface area contributed by atoms with E-state index in [0.29, 0.717) is 32.8 Å². The van der Waals surface area contributed by atoms with E-state index < -0.39 is 5.54 Å². The first-order valence-corrected chi connectivity index (χ1v) is 7.08. The maximum absolute atomic E-state index is 12.5. The molecule has 0 bridgehead atoms. The summed E-state index contributed by atoms with van der Waals surface area (Å²) in [6.07, 6.45) is 3.15. The van der Waals surface area contributed by atoms with Crippen LogP contribution in [0.1, 0.15) is 25.7 Å². The second-order valence-corrected chi connectivity index (χ2v) is 5.75. The van der Waals surface area contributed by atoms with E-state index >= 15 is 0 Å². The first-order valence-electron chi connectivity index (χ1n) is 7.08. The van der Waals surface area contributed by atoms with Gasteiger partial charge in [-0.05, 0) is 25.7 Å². The van der Waals surface area contributed by atoms with Crippen LogP contribution in [0.2, 0.25) is 0 Å². The molecule has 0 spiro atoms. The zero-order valence-electron chi connectivity index (χ0n) is 11.1. The predicted octanol–water partition coefficient (Wildman–Crippen LogP) is -0.672. The van der Waals surface area contributed by atoms with Crippen LogP contribution >= 0.6 is 0 Å². The van der Waals surface area contributed by atoms with E-state index in [1.807, 2.05) is 4.90 Å². The van der Waals surface area contributed by atoms with Gasteiger partial charge in [-0.15, -0.1) is 0 Å². The maximum atomic E-state index is 12.5. The zero-order chi connectivity index (χ0) is 13.5. The molecular weight excluding hydrogens is 246 g/mol. The second-order valence-electron chi connectivity index (χ2n) is 5.75. The average Bonchev–Trinajstić information content (AvgIpc) is 3.02. The molecule has 0 aromatic rings. The van der Waals surface area contributed by atoms with Crippen molar-refractivity contribution >= 4 is 11.8 Å². The van der Waals surface area contributed by atoms with Gasteiger partial charge in [0.25, 0.3) is 0 Å². The van der Waals surface area contributed by atoms with E-state index in [0.717, 1.165) is 25.7 Å². The zero-order valence-corrected chi connectivity index (χ0v) is 11.1. The largest absolute Gasteiger partial charge is 0.378 e. The molecule has 0 radical (unpaired) electrons. The van der Waals surface area contributed by atoms with Gasteiger partial charge >= 0.3 is 0 Å². The number of amides is 2. The standard InChI is InChI=1S/C13H21N3O3/c14-13(3-4-13)12(18)16-5-1-2-10(16)11(17)15-6-8-19-9-7-15/h10H,1-9,14H2. The summed E-state index contributed by atoms with van der Waals surface area (Å²) in [6.45, 7) is 3.11. The summed E-state index contributed by atoms with van der Waals surface area (Å²) in [5, 5.41) is 0. The summed E-state index contributed by atoms with van der Waals surface area (Å²) in [7, 11) is 0. The van der Waals surface area contributed by atoms with Crippen molar-refractivity contribution in [1.29, 1.82) is 0 Å². The molecule has 19 heavy (non-hydrogen) atoms. The Kier molecular flexibility index (Phi) is 3.22. The molecule has 1 saturated carbocycles. The van der Waals surface area contributed by atoms with Gasteiger partial charge in [-0.25, -0.2) is 0 Å². The number of morpholine rings is 1. The molecule has 106 valence electrons. The summed E-state index contributed by atoms with van der Waals surface area (Å²) in [5.74, 6) is 0.0370. The fourth-order valence-electron chi connectivity index (χ4n) is 2.90. The predicted molar refractivity (Wildman–Crippen MR) is 68.3 cm³/mol. The Bertz CT molecular complexity index is 389. The highest BCUT2D eigenvalue weighted by Crippen LogP contribution is 2.36. The van der Waals surface area contributed by atoms with E-state index in [2.05, 4.69) is 0 Å². The topological polar surface area (TPSA) is 75.9 Å². The SMILES string of the molecule is NC1(C(=O)N2CCCC2C(=O)N2CCOCC2)CC1. The summed E-state index contributed by atoms with van der Waals surface area (Å²) >= 11 is 0. The highest BCUT2D eigenvalue weighted by molar-refractivity contribution is 5.94. The van der Waals surface area contributed by atoms with Crippen LogP contribution in [0.25, 0.3) is 0 Å². The number of hydrogen-bond acceptors (Lipinski definition) is 4. The van der Waals surface area contributed by atoms with Gasteiger partial charge in [0.05, 0.1) is 18.8 Å². The lowest BCUT2D eigenvalue weighted by Crippen LogP contribution is -2.54. The van der Waals surface area contributed by atoms with E-state index in [9.17, 15) is 9.59 Å². The van der Waals surface area contributed by atoms with E-state index in [-0.39, 0.29) is 17.9 Å². The van der Waals surface area contributed by atoms with Gasteiger partial charge in [0.1, 0.15) is 6.04 Å². The minimum absolute atomic E-state index is 0.0309. The molecule has 1 unspecified atom stereocenters. The number of carbonyl (C=O) groups excluding carboxylic acids is 2. The molecule has 2 heterocycles. The van der Waals surface area contributed by atoms with Crippen molar-refractivity contribution in [2.75, 3.05) is 32.8 Å². The molecule has 3 aliphatic rings. The highest BCUT2D eigenvalue weighted by atomic mass is 16.5. The summed E-state index contributed by atoms with van der Waals surface area (Å²) in [6, 6.07) is -0.299. The lowest BCUT2D eigenvalue weighted by molar-refractivity contribution is -0.147. The Morgan fingerprint density at radius 1 is 1.16 bits per heavy atom. The van der Waals surface area contributed by atoms with Crippen molar-refractivity contribution in [3.63, 3.8) is 0 Å². The van der Waals surface area contributed by atoms with Crippen LogP contribution in [0.5, 0.6) is 0 Å². The second kappa shape index (κ2) is 4.76. The fraction of sp³-hybridized carbons (Fsp3) is 0.846. The minimum atomic E-state index is -0.673. The first-order chi connectivity index (χ1) is 9.12. The Morgan fingerprint density at radius 2 is 1.84 bits per heavy atom. The average molecular weight is 267 g/mol. The summed E-state index contributed by atoms with van der Waals surface area (Å²) < 4.78 is 5.26. The molecule has 1 aliphatic carbocycles. The molecule has 2 N–H and O–H groups in total. The van der Waals surface area contributed by atoms with Crippen molar-refractivity contribution in [1.82, 2.24) is 9.80 Å². The van der Waals surface area contributed by atoms with Gasteiger partial charge in [-0.2, -0.15) is 0 Å². The van der Waals surface area contributed by atoms with Crippen LogP contribution in [0.3, 0.4) is 0 Å². The Hall–Kier alpha value is -1.14. The third-order valence-corrected chi connectivity index (χ3v) is 4.34. The van der Waals surface area contributed by atoms with Crippen LogP contribution in [0.15, 0.2) is 0 Å². The van der Waals surface area contributed by atoms with Gasteiger partial charge in [0.2, 0.25) is 11.8 Å². The highest BCUT2D eigenvalue weighted by Gasteiger charge is 2.51. The van der Waals surface area contributed by atoms with E-state index in [1.54, 1.807) is 4.90 Å². The van der Waals surface area contributed by atoms with Crippen LogP contribution < -0.4 is 5.73 Å². The van der Waals surface area contributed by atoms with Gasteiger partial charge in [0, 0.05) is 19.6 Å². The molecule has 2 amide bonds. The third kappa shape index (κ3) is 2.34. The van der Waals surface area contributed by atoms with Gasteiger partial charge < -0.3 is 20.3 Å². The molecular formula is C13H21N3O3. The molecule has 1 atom stereocenters. The van der Waals surface area contributed by atoms with Crippen LogP contribution in [0, 0.1) is 0 Å². The number of rotatable bonds is 2. The number of ether oxygens (including phenoxy) is 1. The minimum Gasteiger partial charge on any atom is -0.378 e. The number of nitrogens with zero attached hydrogens (tertiary/aromatic N) is 2. The van der Waals surface area contributed by atoms with Crippen molar-refractivity contribution in [2.45, 2.75) is 37.3 Å². The van der Waals surface area contributed by atoms with Crippen molar-refractivity contribution in [2.24, 2.45) is 5.73 Å². The Morgan fingerprint density at radius 3 is 2.47 bits per heavy atom. The van der Waals surface area contributed by atoms with Gasteiger partial charge in [-0.3, -0.25) is 9.59 Å². The van der Waals surface area contributed by atoms with Gasteiger partial charge in [0.15, 0.2) is 0 Å². The lowest BCUT2D eigenvalue weighted by atomic mass is 10.1. The summed E-state index contributed by atoms with van der Waals surface area (Å²) in [5.41, 5.74) is 5.30. The molecule has 0 aromatic carbocycles.